The first-order valence-corrected chi connectivity index (χ1v) is 10.5. The normalized spacial score (nSPS) is 20.6. The Labute approximate surface area is 154 Å². The fraction of sp³-hybridized carbons (Fsp3) is 0.588. The summed E-state index contributed by atoms with van der Waals surface area (Å²) in [5, 5.41) is 0.294. The number of hydrogen-bond donors (Lipinski definition) is 0. The fourth-order valence-corrected chi connectivity index (χ4v) is 5.07. The molecule has 3 rings (SSSR count). The zero-order valence-corrected chi connectivity index (χ0v) is 16.0. The Bertz CT molecular complexity index is 748. The van der Waals surface area contributed by atoms with E-state index < -0.39 is 10.0 Å². The zero-order chi connectivity index (χ0) is 18.0. The van der Waals surface area contributed by atoms with Crippen LogP contribution in [0.5, 0.6) is 0 Å². The third kappa shape index (κ3) is 4.00. The van der Waals surface area contributed by atoms with Crippen molar-refractivity contribution >= 4 is 27.5 Å². The van der Waals surface area contributed by atoms with E-state index in [1.54, 1.807) is 4.90 Å². The molecule has 25 heavy (non-hydrogen) atoms. The molecule has 1 amide bonds. The standard InChI is InChI=1S/C17H24ClN3O3S/c1-19-7-4-8-20(12-11-19)17(22)15-13-14(5-6-16(15)18)25(23,24)21-9-2-3-10-21/h5-6,13H,2-4,7-12H2,1H3. The molecule has 0 aromatic heterocycles. The van der Waals surface area contributed by atoms with Gasteiger partial charge >= 0.3 is 0 Å². The lowest BCUT2D eigenvalue weighted by Crippen LogP contribution is -2.35. The minimum atomic E-state index is -3.56. The van der Waals surface area contributed by atoms with Gasteiger partial charge in [0.15, 0.2) is 0 Å². The second kappa shape index (κ2) is 7.61. The summed E-state index contributed by atoms with van der Waals surface area (Å²) in [4.78, 5) is 17.0. The van der Waals surface area contributed by atoms with Gasteiger partial charge in [0.1, 0.15) is 0 Å². The quantitative estimate of drug-likeness (QED) is 0.797. The van der Waals surface area contributed by atoms with E-state index in [9.17, 15) is 13.2 Å². The van der Waals surface area contributed by atoms with Crippen molar-refractivity contribution in [3.8, 4) is 0 Å². The average molecular weight is 386 g/mol. The second-order valence-corrected chi connectivity index (χ2v) is 9.05. The molecule has 0 atom stereocenters. The Balaban J connectivity index is 1.87. The van der Waals surface area contributed by atoms with E-state index in [0.29, 0.717) is 31.2 Å². The molecule has 0 aliphatic carbocycles. The van der Waals surface area contributed by atoms with Gasteiger partial charge in [-0.25, -0.2) is 8.42 Å². The number of sulfonamides is 1. The maximum atomic E-state index is 12.9. The highest BCUT2D eigenvalue weighted by Crippen LogP contribution is 2.26. The van der Waals surface area contributed by atoms with Gasteiger partial charge < -0.3 is 9.80 Å². The predicted octanol–water partition coefficient (Wildman–Crippen LogP) is 1.90. The summed E-state index contributed by atoms with van der Waals surface area (Å²) in [7, 11) is -1.53. The monoisotopic (exact) mass is 385 g/mol. The Kier molecular flexibility index (Phi) is 5.68. The van der Waals surface area contributed by atoms with Crippen LogP contribution in [-0.4, -0.2) is 74.7 Å². The van der Waals surface area contributed by atoms with Gasteiger partial charge in [-0.1, -0.05) is 11.6 Å². The molecule has 2 aliphatic rings. The lowest BCUT2D eigenvalue weighted by molar-refractivity contribution is 0.0762. The van der Waals surface area contributed by atoms with Gasteiger partial charge in [-0.05, 0) is 51.1 Å². The van der Waals surface area contributed by atoms with Crippen LogP contribution in [0.3, 0.4) is 0 Å². The minimum absolute atomic E-state index is 0.147. The highest BCUT2D eigenvalue weighted by atomic mass is 35.5. The summed E-state index contributed by atoms with van der Waals surface area (Å²) >= 11 is 6.22. The van der Waals surface area contributed by atoms with Gasteiger partial charge in [-0.2, -0.15) is 4.31 Å². The number of amides is 1. The van der Waals surface area contributed by atoms with Crippen molar-refractivity contribution in [1.29, 1.82) is 0 Å². The predicted molar refractivity (Wildman–Crippen MR) is 97.5 cm³/mol. The van der Waals surface area contributed by atoms with Gasteiger partial charge in [-0.3, -0.25) is 4.79 Å². The van der Waals surface area contributed by atoms with Gasteiger partial charge in [0.2, 0.25) is 10.0 Å². The van der Waals surface area contributed by atoms with Crippen LogP contribution in [0.1, 0.15) is 29.6 Å². The lowest BCUT2D eigenvalue weighted by Gasteiger charge is -2.22. The Hall–Kier alpha value is -1.15. The van der Waals surface area contributed by atoms with Crippen molar-refractivity contribution in [3.05, 3.63) is 28.8 Å². The van der Waals surface area contributed by atoms with Crippen molar-refractivity contribution in [1.82, 2.24) is 14.1 Å². The first-order valence-electron chi connectivity index (χ1n) is 8.67. The largest absolute Gasteiger partial charge is 0.337 e. The third-order valence-corrected chi connectivity index (χ3v) is 7.10. The molecule has 2 saturated heterocycles. The third-order valence-electron chi connectivity index (χ3n) is 4.88. The summed E-state index contributed by atoms with van der Waals surface area (Å²) in [6.07, 6.45) is 2.64. The molecular weight excluding hydrogens is 362 g/mol. The molecule has 0 spiro atoms. The number of carbonyl (C=O) groups excluding carboxylic acids is 1. The molecule has 1 aromatic rings. The molecular formula is C17H24ClN3O3S. The summed E-state index contributed by atoms with van der Waals surface area (Å²) in [6.45, 7) is 4.09. The van der Waals surface area contributed by atoms with Crippen LogP contribution in [0.15, 0.2) is 23.1 Å². The SMILES string of the molecule is CN1CCCN(C(=O)c2cc(S(=O)(=O)N3CCCC3)ccc2Cl)CC1. The average Bonchev–Trinajstić information content (AvgIpc) is 3.05. The van der Waals surface area contributed by atoms with Crippen LogP contribution >= 0.6 is 11.6 Å². The number of halogens is 1. The summed E-state index contributed by atoms with van der Waals surface area (Å²) in [6, 6.07) is 4.44. The van der Waals surface area contributed by atoms with Gasteiger partial charge in [0.05, 0.1) is 15.5 Å². The van der Waals surface area contributed by atoms with Crippen molar-refractivity contribution < 1.29 is 13.2 Å². The highest BCUT2D eigenvalue weighted by molar-refractivity contribution is 7.89. The van der Waals surface area contributed by atoms with E-state index in [1.807, 2.05) is 7.05 Å². The summed E-state index contributed by atoms with van der Waals surface area (Å²) in [5.74, 6) is -0.196. The smallest absolute Gasteiger partial charge is 0.255 e. The van der Waals surface area contributed by atoms with Gasteiger partial charge in [0, 0.05) is 32.7 Å². The van der Waals surface area contributed by atoms with E-state index in [1.165, 1.54) is 22.5 Å². The van der Waals surface area contributed by atoms with E-state index in [-0.39, 0.29) is 16.4 Å². The molecule has 0 N–H and O–H groups in total. The van der Waals surface area contributed by atoms with Crippen LogP contribution in [0.25, 0.3) is 0 Å². The van der Waals surface area contributed by atoms with E-state index in [0.717, 1.165) is 32.4 Å². The fourth-order valence-electron chi connectivity index (χ4n) is 3.33. The Morgan fingerprint density at radius 2 is 1.72 bits per heavy atom. The number of carbonyl (C=O) groups is 1. The summed E-state index contributed by atoms with van der Waals surface area (Å²) in [5.41, 5.74) is 0.270. The number of benzene rings is 1. The maximum absolute atomic E-state index is 12.9. The zero-order valence-electron chi connectivity index (χ0n) is 14.4. The molecule has 8 heteroatoms. The molecule has 2 fully saturated rings. The van der Waals surface area contributed by atoms with Crippen LogP contribution in [0.4, 0.5) is 0 Å². The lowest BCUT2D eigenvalue weighted by atomic mass is 10.2. The van der Waals surface area contributed by atoms with Gasteiger partial charge in [0.25, 0.3) is 5.91 Å². The summed E-state index contributed by atoms with van der Waals surface area (Å²) < 4.78 is 27.0. The first kappa shape index (κ1) is 18.6. The number of hydrogen-bond acceptors (Lipinski definition) is 4. The van der Waals surface area contributed by atoms with E-state index >= 15 is 0 Å². The van der Waals surface area contributed by atoms with Crippen LogP contribution < -0.4 is 0 Å². The second-order valence-electron chi connectivity index (χ2n) is 6.70. The molecule has 0 bridgehead atoms. The minimum Gasteiger partial charge on any atom is -0.337 e. The van der Waals surface area contributed by atoms with Crippen molar-refractivity contribution in [3.63, 3.8) is 0 Å². The number of likely N-dealkylation sites (N-methyl/N-ethyl adjacent to an activating group) is 1. The molecule has 0 saturated carbocycles. The van der Waals surface area contributed by atoms with E-state index in [2.05, 4.69) is 4.90 Å². The Morgan fingerprint density at radius 1 is 1.00 bits per heavy atom. The van der Waals surface area contributed by atoms with Crippen molar-refractivity contribution in [2.75, 3.05) is 46.3 Å². The molecule has 138 valence electrons. The molecule has 6 nitrogen and oxygen atoms in total. The Morgan fingerprint density at radius 3 is 2.44 bits per heavy atom. The van der Waals surface area contributed by atoms with E-state index in [4.69, 9.17) is 11.6 Å². The topological polar surface area (TPSA) is 60.9 Å². The van der Waals surface area contributed by atoms with Crippen LogP contribution in [-0.2, 0) is 10.0 Å². The van der Waals surface area contributed by atoms with Crippen molar-refractivity contribution in [2.45, 2.75) is 24.2 Å². The molecule has 1 aromatic carbocycles. The van der Waals surface area contributed by atoms with Crippen LogP contribution in [0.2, 0.25) is 5.02 Å². The maximum Gasteiger partial charge on any atom is 0.255 e. The molecule has 2 aliphatic heterocycles. The van der Waals surface area contributed by atoms with Crippen molar-refractivity contribution in [2.24, 2.45) is 0 Å². The first-order chi connectivity index (χ1) is 11.9. The molecule has 0 unspecified atom stereocenters. The van der Waals surface area contributed by atoms with Crippen LogP contribution in [0, 0.1) is 0 Å². The number of rotatable bonds is 3. The molecule has 2 heterocycles. The molecule has 0 radical (unpaired) electrons. The van der Waals surface area contributed by atoms with Gasteiger partial charge in [-0.15, -0.1) is 0 Å². The highest BCUT2D eigenvalue weighted by Gasteiger charge is 2.29. The number of nitrogens with zero attached hydrogens (tertiary/aromatic N) is 3.